The van der Waals surface area contributed by atoms with Crippen molar-refractivity contribution >= 4 is 17.3 Å². The fourth-order valence-electron chi connectivity index (χ4n) is 1.82. The van der Waals surface area contributed by atoms with Gasteiger partial charge in [-0.25, -0.2) is 0 Å². The number of aryl methyl sites for hydroxylation is 2. The molecule has 88 valence electrons. The zero-order valence-corrected chi connectivity index (χ0v) is 10.8. The van der Waals surface area contributed by atoms with Crippen LogP contribution in [0.1, 0.15) is 16.7 Å². The van der Waals surface area contributed by atoms with E-state index < -0.39 is 0 Å². The summed E-state index contributed by atoms with van der Waals surface area (Å²) in [5.74, 6) is 0. The molecule has 0 saturated heterocycles. The molecule has 0 amide bonds. The Labute approximate surface area is 107 Å². The van der Waals surface area contributed by atoms with Gasteiger partial charge < -0.3 is 5.32 Å². The normalized spacial score (nSPS) is 10.3. The zero-order valence-electron chi connectivity index (χ0n) is 10.00. The number of pyridine rings is 1. The Morgan fingerprint density at radius 1 is 1.18 bits per heavy atom. The first kappa shape index (κ1) is 11.9. The first-order chi connectivity index (χ1) is 8.18. The number of rotatable bonds is 3. The van der Waals surface area contributed by atoms with Gasteiger partial charge in [0.2, 0.25) is 0 Å². The lowest BCUT2D eigenvalue weighted by Gasteiger charge is -2.13. The van der Waals surface area contributed by atoms with Crippen molar-refractivity contribution in [3.63, 3.8) is 0 Å². The van der Waals surface area contributed by atoms with E-state index in [0.29, 0.717) is 11.6 Å². The molecule has 0 bridgehead atoms. The number of nitrogens with one attached hydrogen (secondary N) is 1. The fourth-order valence-corrected chi connectivity index (χ4v) is 2.01. The summed E-state index contributed by atoms with van der Waals surface area (Å²) in [5, 5.41) is 4.13. The number of halogens is 1. The average molecular weight is 247 g/mol. The van der Waals surface area contributed by atoms with Gasteiger partial charge in [-0.05, 0) is 36.6 Å². The van der Waals surface area contributed by atoms with Crippen molar-refractivity contribution in [3.8, 4) is 0 Å². The number of hydrogen-bond acceptors (Lipinski definition) is 2. The van der Waals surface area contributed by atoms with Crippen LogP contribution < -0.4 is 5.32 Å². The van der Waals surface area contributed by atoms with Gasteiger partial charge in [-0.3, -0.25) is 4.98 Å². The molecule has 17 heavy (non-hydrogen) atoms. The van der Waals surface area contributed by atoms with Crippen molar-refractivity contribution in [1.29, 1.82) is 0 Å². The highest BCUT2D eigenvalue weighted by atomic mass is 35.5. The number of para-hydroxylation sites is 1. The summed E-state index contributed by atoms with van der Waals surface area (Å²) in [6, 6.07) is 8.20. The van der Waals surface area contributed by atoms with Crippen LogP contribution in [-0.4, -0.2) is 4.98 Å². The molecule has 0 unspecified atom stereocenters. The van der Waals surface area contributed by atoms with E-state index in [-0.39, 0.29) is 0 Å². The average Bonchev–Trinajstić information content (AvgIpc) is 2.30. The van der Waals surface area contributed by atoms with Crippen molar-refractivity contribution < 1.29 is 0 Å². The molecule has 0 saturated carbocycles. The van der Waals surface area contributed by atoms with E-state index in [9.17, 15) is 0 Å². The van der Waals surface area contributed by atoms with E-state index >= 15 is 0 Å². The first-order valence-corrected chi connectivity index (χ1v) is 5.95. The number of hydrogen-bond donors (Lipinski definition) is 1. The van der Waals surface area contributed by atoms with E-state index in [1.54, 1.807) is 12.4 Å². The van der Waals surface area contributed by atoms with Crippen LogP contribution in [0.15, 0.2) is 36.7 Å². The molecule has 2 rings (SSSR count). The maximum atomic E-state index is 6.07. The number of anilines is 1. The highest BCUT2D eigenvalue weighted by molar-refractivity contribution is 6.31. The standard InChI is InChI=1S/C14H15ClN2/c1-10-4-3-5-11(2)14(10)17-8-12-6-7-16-9-13(12)15/h3-7,9,17H,8H2,1-2H3. The molecule has 0 radical (unpaired) electrons. The first-order valence-electron chi connectivity index (χ1n) is 5.57. The Kier molecular flexibility index (Phi) is 3.64. The summed E-state index contributed by atoms with van der Waals surface area (Å²) in [7, 11) is 0. The molecule has 0 fully saturated rings. The molecule has 2 nitrogen and oxygen atoms in total. The van der Waals surface area contributed by atoms with E-state index in [1.807, 2.05) is 6.07 Å². The second-order valence-electron chi connectivity index (χ2n) is 4.09. The van der Waals surface area contributed by atoms with Gasteiger partial charge in [0, 0.05) is 24.6 Å². The minimum absolute atomic E-state index is 0.700. The summed E-state index contributed by atoms with van der Waals surface area (Å²) in [4.78, 5) is 3.98. The van der Waals surface area contributed by atoms with E-state index in [4.69, 9.17) is 11.6 Å². The molecule has 1 aromatic heterocycles. The molecule has 0 spiro atoms. The smallest absolute Gasteiger partial charge is 0.0639 e. The van der Waals surface area contributed by atoms with E-state index in [1.165, 1.54) is 16.8 Å². The van der Waals surface area contributed by atoms with Crippen molar-refractivity contribution in [2.24, 2.45) is 0 Å². The maximum absolute atomic E-state index is 6.07. The number of nitrogens with zero attached hydrogens (tertiary/aromatic N) is 1. The minimum atomic E-state index is 0.700. The summed E-state index contributed by atoms with van der Waals surface area (Å²) in [6.07, 6.45) is 3.43. The van der Waals surface area contributed by atoms with Crippen molar-refractivity contribution in [1.82, 2.24) is 4.98 Å². The zero-order chi connectivity index (χ0) is 12.3. The predicted octanol–water partition coefficient (Wildman–Crippen LogP) is 3.96. The van der Waals surface area contributed by atoms with Crippen LogP contribution >= 0.6 is 11.6 Å². The third-order valence-electron chi connectivity index (χ3n) is 2.79. The van der Waals surface area contributed by atoms with Crippen molar-refractivity contribution in [3.05, 3.63) is 58.4 Å². The van der Waals surface area contributed by atoms with Gasteiger partial charge in [0.15, 0.2) is 0 Å². The Morgan fingerprint density at radius 2 is 1.88 bits per heavy atom. The molecule has 0 atom stereocenters. The summed E-state index contributed by atoms with van der Waals surface area (Å²) in [6.45, 7) is 4.92. The Morgan fingerprint density at radius 3 is 2.53 bits per heavy atom. The monoisotopic (exact) mass is 246 g/mol. The second kappa shape index (κ2) is 5.19. The van der Waals surface area contributed by atoms with Crippen molar-refractivity contribution in [2.45, 2.75) is 20.4 Å². The molecule has 1 aromatic carbocycles. The van der Waals surface area contributed by atoms with Gasteiger partial charge in [-0.2, -0.15) is 0 Å². The highest BCUT2D eigenvalue weighted by Gasteiger charge is 2.03. The molecule has 1 N–H and O–H groups in total. The van der Waals surface area contributed by atoms with E-state index in [0.717, 1.165) is 5.56 Å². The molecule has 1 heterocycles. The minimum Gasteiger partial charge on any atom is -0.380 e. The van der Waals surface area contributed by atoms with Gasteiger partial charge in [-0.15, -0.1) is 0 Å². The molecule has 0 aliphatic carbocycles. The fraction of sp³-hybridized carbons (Fsp3) is 0.214. The van der Waals surface area contributed by atoms with Gasteiger partial charge in [0.05, 0.1) is 5.02 Å². The number of benzene rings is 1. The summed E-state index contributed by atoms with van der Waals surface area (Å²) < 4.78 is 0. The van der Waals surface area contributed by atoms with Crippen LogP contribution in [0.5, 0.6) is 0 Å². The highest BCUT2D eigenvalue weighted by Crippen LogP contribution is 2.21. The van der Waals surface area contributed by atoms with Crippen molar-refractivity contribution in [2.75, 3.05) is 5.32 Å². The lowest BCUT2D eigenvalue weighted by Crippen LogP contribution is -2.03. The topological polar surface area (TPSA) is 24.9 Å². The molecule has 2 aromatic rings. The quantitative estimate of drug-likeness (QED) is 0.887. The number of aromatic nitrogens is 1. The Balaban J connectivity index is 2.16. The third-order valence-corrected chi connectivity index (χ3v) is 3.13. The third kappa shape index (κ3) is 2.77. The van der Waals surface area contributed by atoms with Gasteiger partial charge >= 0.3 is 0 Å². The largest absolute Gasteiger partial charge is 0.380 e. The van der Waals surface area contributed by atoms with Crippen LogP contribution in [0.2, 0.25) is 5.02 Å². The van der Waals surface area contributed by atoms with Crippen LogP contribution in [0.3, 0.4) is 0 Å². The molecular formula is C14H15ClN2. The Bertz CT molecular complexity index is 503. The SMILES string of the molecule is Cc1cccc(C)c1NCc1ccncc1Cl. The second-order valence-corrected chi connectivity index (χ2v) is 4.49. The predicted molar refractivity (Wildman–Crippen MR) is 72.5 cm³/mol. The molecular weight excluding hydrogens is 232 g/mol. The lowest BCUT2D eigenvalue weighted by molar-refractivity contribution is 1.11. The van der Waals surface area contributed by atoms with Crippen LogP contribution in [0.25, 0.3) is 0 Å². The lowest BCUT2D eigenvalue weighted by atomic mass is 10.1. The molecule has 0 aliphatic rings. The molecule has 0 aliphatic heterocycles. The van der Waals surface area contributed by atoms with Gasteiger partial charge in [0.25, 0.3) is 0 Å². The van der Waals surface area contributed by atoms with Crippen LogP contribution in [0.4, 0.5) is 5.69 Å². The van der Waals surface area contributed by atoms with Crippen LogP contribution in [0, 0.1) is 13.8 Å². The van der Waals surface area contributed by atoms with E-state index in [2.05, 4.69) is 42.3 Å². The summed E-state index contributed by atoms with van der Waals surface area (Å²) >= 11 is 6.07. The van der Waals surface area contributed by atoms with Crippen LogP contribution in [-0.2, 0) is 6.54 Å². The molecule has 3 heteroatoms. The maximum Gasteiger partial charge on any atom is 0.0639 e. The Hall–Kier alpha value is -1.54. The van der Waals surface area contributed by atoms with Gasteiger partial charge in [-0.1, -0.05) is 29.8 Å². The van der Waals surface area contributed by atoms with Gasteiger partial charge in [0.1, 0.15) is 0 Å². The summed E-state index contributed by atoms with van der Waals surface area (Å²) in [5.41, 5.74) is 4.73.